The number of nitrogens with one attached hydrogen (secondary N) is 1. The van der Waals surface area contributed by atoms with Crippen LogP contribution in [0.1, 0.15) is 25.8 Å². The number of anilines is 2. The van der Waals surface area contributed by atoms with Crippen molar-refractivity contribution in [2.24, 2.45) is 0 Å². The first-order chi connectivity index (χ1) is 12.4. The van der Waals surface area contributed by atoms with Crippen LogP contribution in [-0.2, 0) is 21.2 Å². The van der Waals surface area contributed by atoms with E-state index in [9.17, 15) is 8.42 Å². The van der Waals surface area contributed by atoms with Gasteiger partial charge in [-0.1, -0.05) is 6.07 Å². The Labute approximate surface area is 159 Å². The van der Waals surface area contributed by atoms with E-state index < -0.39 is 10.0 Å². The standard InChI is InChI=1S/C18H25N3O3S2/c1-4-24-9-5-8-19-18-20-16(12-25-18)14-6-7-17-15(11-14)10-13(2)21(17)26(3,22)23/h6-7,11-13H,4-5,8-10H2,1-3H3,(H,19,20)/t13-/m1/s1. The van der Waals surface area contributed by atoms with Crippen LogP contribution in [0.5, 0.6) is 0 Å². The number of hydrogen-bond donors (Lipinski definition) is 1. The number of benzene rings is 1. The summed E-state index contributed by atoms with van der Waals surface area (Å²) >= 11 is 1.58. The average molecular weight is 396 g/mol. The molecule has 1 aromatic carbocycles. The molecule has 1 aromatic heterocycles. The van der Waals surface area contributed by atoms with Crippen molar-refractivity contribution in [2.75, 3.05) is 35.6 Å². The van der Waals surface area contributed by atoms with Crippen LogP contribution in [0.15, 0.2) is 23.6 Å². The van der Waals surface area contributed by atoms with Crippen molar-refractivity contribution in [1.82, 2.24) is 4.98 Å². The molecular formula is C18H25N3O3S2. The van der Waals surface area contributed by atoms with Gasteiger partial charge in [-0.2, -0.15) is 0 Å². The van der Waals surface area contributed by atoms with Crippen LogP contribution < -0.4 is 9.62 Å². The molecular weight excluding hydrogens is 370 g/mol. The third-order valence-corrected chi connectivity index (χ3v) is 6.41. The monoisotopic (exact) mass is 395 g/mol. The molecule has 0 spiro atoms. The van der Waals surface area contributed by atoms with Crippen molar-refractivity contribution >= 4 is 32.2 Å². The lowest BCUT2D eigenvalue weighted by Crippen LogP contribution is -2.34. The Kier molecular flexibility index (Phi) is 5.84. The second kappa shape index (κ2) is 7.94. The molecule has 2 heterocycles. The Balaban J connectivity index is 1.71. The molecule has 1 aliphatic rings. The van der Waals surface area contributed by atoms with Crippen LogP contribution in [0.2, 0.25) is 0 Å². The lowest BCUT2D eigenvalue weighted by Gasteiger charge is -2.21. The Bertz CT molecular complexity index is 864. The molecule has 0 radical (unpaired) electrons. The number of sulfonamides is 1. The van der Waals surface area contributed by atoms with Crippen molar-refractivity contribution in [2.45, 2.75) is 32.7 Å². The van der Waals surface area contributed by atoms with Crippen LogP contribution in [0.25, 0.3) is 11.3 Å². The number of thiazole rings is 1. The Morgan fingerprint density at radius 2 is 2.23 bits per heavy atom. The maximum Gasteiger partial charge on any atom is 0.232 e. The van der Waals surface area contributed by atoms with Gasteiger partial charge in [0, 0.05) is 36.7 Å². The van der Waals surface area contributed by atoms with Gasteiger partial charge >= 0.3 is 0 Å². The Hall–Kier alpha value is -1.64. The van der Waals surface area contributed by atoms with E-state index in [1.807, 2.05) is 31.4 Å². The Morgan fingerprint density at radius 3 is 2.96 bits per heavy atom. The molecule has 0 unspecified atom stereocenters. The normalized spacial score (nSPS) is 16.7. The quantitative estimate of drug-likeness (QED) is 0.694. The predicted molar refractivity (Wildman–Crippen MR) is 108 cm³/mol. The van der Waals surface area contributed by atoms with E-state index in [0.29, 0.717) is 0 Å². The summed E-state index contributed by atoms with van der Waals surface area (Å²) in [4.78, 5) is 4.65. The summed E-state index contributed by atoms with van der Waals surface area (Å²) in [5, 5.41) is 6.24. The average Bonchev–Trinajstić information content (AvgIpc) is 3.16. The zero-order valence-electron chi connectivity index (χ0n) is 15.4. The van der Waals surface area contributed by atoms with Crippen LogP contribution in [0.3, 0.4) is 0 Å². The minimum absolute atomic E-state index is 0.0479. The molecule has 0 saturated heterocycles. The highest BCUT2D eigenvalue weighted by molar-refractivity contribution is 7.92. The van der Waals surface area contributed by atoms with E-state index in [2.05, 4.69) is 16.4 Å². The van der Waals surface area contributed by atoms with Crippen LogP contribution in [0.4, 0.5) is 10.8 Å². The molecule has 1 aliphatic heterocycles. The van der Waals surface area contributed by atoms with E-state index in [4.69, 9.17) is 4.74 Å². The van der Waals surface area contributed by atoms with Crippen molar-refractivity contribution in [3.63, 3.8) is 0 Å². The summed E-state index contributed by atoms with van der Waals surface area (Å²) in [5.41, 5.74) is 3.77. The zero-order valence-corrected chi connectivity index (χ0v) is 17.0. The lowest BCUT2D eigenvalue weighted by atomic mass is 10.1. The number of fused-ring (bicyclic) bond motifs is 1. The van der Waals surface area contributed by atoms with Gasteiger partial charge in [0.15, 0.2) is 5.13 Å². The summed E-state index contributed by atoms with van der Waals surface area (Å²) in [6, 6.07) is 5.85. The van der Waals surface area contributed by atoms with Crippen molar-refractivity contribution in [3.05, 3.63) is 29.1 Å². The molecule has 2 aromatic rings. The van der Waals surface area contributed by atoms with Gasteiger partial charge in [0.2, 0.25) is 10.0 Å². The van der Waals surface area contributed by atoms with Gasteiger partial charge in [0.25, 0.3) is 0 Å². The summed E-state index contributed by atoms with van der Waals surface area (Å²) in [6.07, 6.45) is 2.93. The SMILES string of the molecule is CCOCCCNc1nc(-c2ccc3c(c2)C[C@@H](C)N3S(C)(=O)=O)cs1. The summed E-state index contributed by atoms with van der Waals surface area (Å²) in [6.45, 7) is 6.26. The fraction of sp³-hybridized carbons (Fsp3) is 0.500. The van der Waals surface area contributed by atoms with E-state index in [1.54, 1.807) is 11.3 Å². The number of nitrogens with zero attached hydrogens (tertiary/aromatic N) is 2. The molecule has 0 fully saturated rings. The molecule has 0 aliphatic carbocycles. The van der Waals surface area contributed by atoms with Gasteiger partial charge in [0.1, 0.15) is 0 Å². The minimum atomic E-state index is -3.26. The smallest absolute Gasteiger partial charge is 0.232 e. The highest BCUT2D eigenvalue weighted by Crippen LogP contribution is 2.37. The summed E-state index contributed by atoms with van der Waals surface area (Å²) < 4.78 is 30.9. The van der Waals surface area contributed by atoms with Gasteiger partial charge in [-0.15, -0.1) is 11.3 Å². The fourth-order valence-electron chi connectivity index (χ4n) is 3.27. The predicted octanol–water partition coefficient (Wildman–Crippen LogP) is 3.36. The number of rotatable bonds is 8. The van der Waals surface area contributed by atoms with E-state index in [-0.39, 0.29) is 6.04 Å². The van der Waals surface area contributed by atoms with Crippen LogP contribution in [0, 0.1) is 0 Å². The first kappa shape index (κ1) is 19.1. The molecule has 142 valence electrons. The molecule has 26 heavy (non-hydrogen) atoms. The molecule has 0 saturated carbocycles. The maximum absolute atomic E-state index is 12.0. The van der Waals surface area contributed by atoms with E-state index >= 15 is 0 Å². The molecule has 0 bridgehead atoms. The first-order valence-corrected chi connectivity index (χ1v) is 11.5. The van der Waals surface area contributed by atoms with Crippen molar-refractivity contribution in [1.29, 1.82) is 0 Å². The van der Waals surface area contributed by atoms with Gasteiger partial charge in [0.05, 0.1) is 17.6 Å². The maximum atomic E-state index is 12.0. The van der Waals surface area contributed by atoms with Crippen molar-refractivity contribution < 1.29 is 13.2 Å². The largest absolute Gasteiger partial charge is 0.382 e. The topological polar surface area (TPSA) is 71.5 Å². The Morgan fingerprint density at radius 1 is 1.42 bits per heavy atom. The van der Waals surface area contributed by atoms with Gasteiger partial charge in [-0.05, 0) is 44.4 Å². The third-order valence-electron chi connectivity index (χ3n) is 4.34. The highest BCUT2D eigenvalue weighted by Gasteiger charge is 2.32. The summed E-state index contributed by atoms with van der Waals surface area (Å²) in [7, 11) is -3.26. The second-order valence-electron chi connectivity index (χ2n) is 6.47. The zero-order chi connectivity index (χ0) is 18.7. The number of aromatic nitrogens is 1. The number of hydrogen-bond acceptors (Lipinski definition) is 6. The van der Waals surface area contributed by atoms with Gasteiger partial charge in [-0.25, -0.2) is 13.4 Å². The lowest BCUT2D eigenvalue weighted by molar-refractivity contribution is 0.147. The molecule has 6 nitrogen and oxygen atoms in total. The van der Waals surface area contributed by atoms with E-state index in [1.165, 1.54) is 10.6 Å². The molecule has 1 atom stereocenters. The fourth-order valence-corrected chi connectivity index (χ4v) is 5.28. The second-order valence-corrected chi connectivity index (χ2v) is 9.19. The van der Waals surface area contributed by atoms with Gasteiger partial charge < -0.3 is 10.1 Å². The first-order valence-electron chi connectivity index (χ1n) is 8.80. The highest BCUT2D eigenvalue weighted by atomic mass is 32.2. The molecule has 1 N–H and O–H groups in total. The molecule has 3 rings (SSSR count). The minimum Gasteiger partial charge on any atom is -0.382 e. The molecule has 0 amide bonds. The third kappa shape index (κ3) is 4.19. The number of ether oxygens (including phenoxy) is 1. The van der Waals surface area contributed by atoms with Gasteiger partial charge in [-0.3, -0.25) is 4.31 Å². The van der Waals surface area contributed by atoms with Crippen LogP contribution in [-0.4, -0.2) is 45.5 Å². The van der Waals surface area contributed by atoms with E-state index in [0.717, 1.165) is 60.2 Å². The molecule has 8 heteroatoms. The van der Waals surface area contributed by atoms with Crippen molar-refractivity contribution in [3.8, 4) is 11.3 Å². The summed E-state index contributed by atoms with van der Waals surface area (Å²) in [5.74, 6) is 0. The van der Waals surface area contributed by atoms with Crippen LogP contribution >= 0.6 is 11.3 Å².